The smallest absolute Gasteiger partial charge is 0.116 e. The van der Waals surface area contributed by atoms with Crippen LogP contribution >= 0.6 is 0 Å². The van der Waals surface area contributed by atoms with Crippen LogP contribution in [0.15, 0.2) is 48.9 Å². The third-order valence-electron chi connectivity index (χ3n) is 1.60. The highest BCUT2D eigenvalue weighted by molar-refractivity contribution is 5.57. The second-order valence-electron chi connectivity index (χ2n) is 2.38. The number of aromatic nitrogens is 2. The molecule has 1 aromatic carbocycles. The van der Waals surface area contributed by atoms with Crippen molar-refractivity contribution in [1.82, 2.24) is 9.97 Å². The second-order valence-corrected chi connectivity index (χ2v) is 2.38. The van der Waals surface area contributed by atoms with Crippen LogP contribution in [0.25, 0.3) is 11.3 Å². The lowest BCUT2D eigenvalue weighted by Gasteiger charge is -1.96. The number of hydrogen-bond acceptors (Lipinski definition) is 2. The van der Waals surface area contributed by atoms with E-state index < -0.39 is 0 Å². The van der Waals surface area contributed by atoms with E-state index in [1.807, 2.05) is 18.2 Å². The van der Waals surface area contributed by atoms with Crippen molar-refractivity contribution in [1.29, 1.82) is 0 Å². The summed E-state index contributed by atoms with van der Waals surface area (Å²) in [5.74, 6) is 0. The van der Waals surface area contributed by atoms with Gasteiger partial charge in [0.1, 0.15) is 6.33 Å². The van der Waals surface area contributed by atoms with Gasteiger partial charge in [-0.25, -0.2) is 9.97 Å². The molecule has 1 heterocycles. The predicted octanol–water partition coefficient (Wildman–Crippen LogP) is 2.14. The third-order valence-corrected chi connectivity index (χ3v) is 1.60. The van der Waals surface area contributed by atoms with Gasteiger partial charge in [-0.1, -0.05) is 30.3 Å². The van der Waals surface area contributed by atoms with Gasteiger partial charge in [0.2, 0.25) is 0 Å². The van der Waals surface area contributed by atoms with E-state index in [0.29, 0.717) is 6.04 Å². The Morgan fingerprint density at radius 3 is 2.67 bits per heavy atom. The topological polar surface area (TPSA) is 25.8 Å². The first-order chi connectivity index (χ1) is 6.36. The molecule has 58 valence electrons. The molecule has 0 N–H and O–H groups in total. The number of nitrogens with zero attached hydrogens (tertiary/aromatic N) is 2. The van der Waals surface area contributed by atoms with Gasteiger partial charge in [0.25, 0.3) is 0 Å². The molecule has 12 heavy (non-hydrogen) atoms. The Kier molecular flexibility index (Phi) is 1.54. The van der Waals surface area contributed by atoms with Crippen LogP contribution in [-0.2, 0) is 0 Å². The molecule has 0 aliphatic rings. The predicted molar refractivity (Wildman–Crippen MR) is 47.5 cm³/mol. The molecule has 0 fully saturated rings. The fraction of sp³-hybridized carbons (Fsp3) is 0. The molecule has 0 spiro atoms. The molecule has 0 bridgehead atoms. The van der Waals surface area contributed by atoms with Crippen LogP contribution in [0.5, 0.6) is 0 Å². The number of benzene rings is 1. The minimum absolute atomic E-state index is 0.512. The highest BCUT2D eigenvalue weighted by Crippen LogP contribution is 2.13. The van der Waals surface area contributed by atoms with E-state index in [0.717, 1.165) is 11.3 Å². The molecule has 1 aromatic heterocycles. The van der Waals surface area contributed by atoms with Crippen molar-refractivity contribution >= 4 is 0 Å². The summed E-state index contributed by atoms with van der Waals surface area (Å²) in [6.45, 7) is 0. The van der Waals surface area contributed by atoms with E-state index in [1.54, 1.807) is 18.3 Å². The normalized spacial score (nSPS) is 10.8. The van der Waals surface area contributed by atoms with E-state index in [9.17, 15) is 0 Å². The van der Waals surface area contributed by atoms with Crippen molar-refractivity contribution in [2.75, 3.05) is 0 Å². The lowest BCUT2D eigenvalue weighted by atomic mass is 10.1. The Bertz CT molecular complexity index is 383. The summed E-state index contributed by atoms with van der Waals surface area (Å²) >= 11 is 0. The standard InChI is InChI=1S/C10H8N2/c1-2-4-9(5-3-1)10-6-7-11-8-12-10/h1-8H/i1T. The summed E-state index contributed by atoms with van der Waals surface area (Å²) < 4.78 is 7.32. The minimum atomic E-state index is 0.512. The molecule has 0 aliphatic carbocycles. The van der Waals surface area contributed by atoms with Crippen LogP contribution in [0, 0.1) is 0 Å². The van der Waals surface area contributed by atoms with Crippen LogP contribution in [0.1, 0.15) is 1.37 Å². The molecule has 2 heteroatoms. The van der Waals surface area contributed by atoms with Crippen molar-refractivity contribution in [3.63, 3.8) is 0 Å². The van der Waals surface area contributed by atoms with Gasteiger partial charge < -0.3 is 0 Å². The first-order valence-corrected chi connectivity index (χ1v) is 3.69. The van der Waals surface area contributed by atoms with Crippen molar-refractivity contribution < 1.29 is 1.37 Å². The second kappa shape index (κ2) is 3.13. The van der Waals surface area contributed by atoms with Gasteiger partial charge in [0, 0.05) is 11.8 Å². The Morgan fingerprint density at radius 1 is 1.17 bits per heavy atom. The fourth-order valence-electron chi connectivity index (χ4n) is 1.02. The van der Waals surface area contributed by atoms with Crippen LogP contribution in [0.3, 0.4) is 0 Å². The van der Waals surface area contributed by atoms with Crippen LogP contribution in [0.4, 0.5) is 0 Å². The van der Waals surface area contributed by atoms with Crippen molar-refractivity contribution in [2.24, 2.45) is 0 Å². The van der Waals surface area contributed by atoms with E-state index in [1.165, 1.54) is 6.33 Å². The molecule has 0 unspecified atom stereocenters. The van der Waals surface area contributed by atoms with Crippen molar-refractivity contribution in [3.8, 4) is 11.3 Å². The molecule has 2 aromatic rings. The van der Waals surface area contributed by atoms with E-state index >= 15 is 0 Å². The monoisotopic (exact) mass is 158 g/mol. The molecule has 0 saturated carbocycles. The van der Waals surface area contributed by atoms with Crippen LogP contribution < -0.4 is 0 Å². The first kappa shape index (κ1) is 5.89. The summed E-state index contributed by atoms with van der Waals surface area (Å²) in [5, 5.41) is 0. The van der Waals surface area contributed by atoms with Gasteiger partial charge >= 0.3 is 0 Å². The lowest BCUT2D eigenvalue weighted by Crippen LogP contribution is -1.82. The summed E-state index contributed by atoms with van der Waals surface area (Å²) in [6.07, 6.45) is 3.22. The van der Waals surface area contributed by atoms with E-state index in [-0.39, 0.29) is 0 Å². The molecule has 2 rings (SSSR count). The molecule has 0 aliphatic heterocycles. The average Bonchev–Trinajstić information content (AvgIpc) is 2.20. The number of rotatable bonds is 1. The molecule has 0 amide bonds. The Hall–Kier alpha value is -1.70. The lowest BCUT2D eigenvalue weighted by molar-refractivity contribution is 1.17. The minimum Gasteiger partial charge on any atom is -0.245 e. The Balaban J connectivity index is 2.42. The fourth-order valence-corrected chi connectivity index (χ4v) is 1.02. The van der Waals surface area contributed by atoms with Gasteiger partial charge in [-0.2, -0.15) is 0 Å². The average molecular weight is 158 g/mol. The summed E-state index contributed by atoms with van der Waals surface area (Å²) in [6, 6.07) is 9.61. The molecular weight excluding hydrogens is 148 g/mol. The molecule has 0 radical (unpaired) electrons. The van der Waals surface area contributed by atoms with Gasteiger partial charge in [0.15, 0.2) is 0 Å². The summed E-state index contributed by atoms with van der Waals surface area (Å²) in [4.78, 5) is 7.95. The third kappa shape index (κ3) is 1.32. The van der Waals surface area contributed by atoms with Gasteiger partial charge in [-0.3, -0.25) is 0 Å². The quantitative estimate of drug-likeness (QED) is 0.635. The van der Waals surface area contributed by atoms with Crippen LogP contribution in [0.2, 0.25) is 0 Å². The zero-order valence-corrected chi connectivity index (χ0v) is 6.44. The zero-order valence-electron chi connectivity index (χ0n) is 7.44. The Morgan fingerprint density at radius 2 is 2.00 bits per heavy atom. The first-order valence-electron chi connectivity index (χ1n) is 4.19. The molecular formula is C10H8N2. The summed E-state index contributed by atoms with van der Waals surface area (Å²) in [5.41, 5.74) is 1.90. The van der Waals surface area contributed by atoms with Crippen molar-refractivity contribution in [3.05, 3.63) is 48.9 Å². The van der Waals surface area contributed by atoms with E-state index in [2.05, 4.69) is 9.97 Å². The highest BCUT2D eigenvalue weighted by Gasteiger charge is 1.94. The maximum absolute atomic E-state index is 7.32. The van der Waals surface area contributed by atoms with Crippen molar-refractivity contribution in [2.45, 2.75) is 0 Å². The van der Waals surface area contributed by atoms with Gasteiger partial charge in [-0.15, -0.1) is 0 Å². The molecule has 2 nitrogen and oxygen atoms in total. The van der Waals surface area contributed by atoms with Gasteiger partial charge in [0.05, 0.1) is 7.06 Å². The largest absolute Gasteiger partial charge is 0.245 e. The maximum atomic E-state index is 7.32. The molecule has 0 atom stereocenters. The maximum Gasteiger partial charge on any atom is 0.116 e. The van der Waals surface area contributed by atoms with E-state index in [4.69, 9.17) is 1.37 Å². The zero-order chi connectivity index (χ0) is 9.10. The Labute approximate surface area is 72.3 Å². The number of hydrogen-bond donors (Lipinski definition) is 0. The summed E-state index contributed by atoms with van der Waals surface area (Å²) in [7, 11) is 0. The SMILES string of the molecule is [3H]c1ccc(-c2ccncn2)cc1. The van der Waals surface area contributed by atoms with Crippen LogP contribution in [-0.4, -0.2) is 9.97 Å². The molecule has 0 saturated heterocycles. The highest BCUT2D eigenvalue weighted by atomic mass is 14.8. The van der Waals surface area contributed by atoms with Gasteiger partial charge in [-0.05, 0) is 6.07 Å².